The van der Waals surface area contributed by atoms with Crippen LogP contribution in [0.2, 0.25) is 0 Å². The van der Waals surface area contributed by atoms with Gasteiger partial charge in [0.15, 0.2) is 0 Å². The van der Waals surface area contributed by atoms with Gasteiger partial charge in [-0.2, -0.15) is 5.10 Å². The van der Waals surface area contributed by atoms with Crippen LogP contribution < -0.4 is 25.8 Å². The van der Waals surface area contributed by atoms with Gasteiger partial charge in [-0.15, -0.1) is 5.10 Å². The molecule has 2 aliphatic rings. The third-order valence-electron chi connectivity index (χ3n) is 4.62. The number of carbonyl (C=O) groups excluding carboxylic acids is 2. The molecule has 30 heavy (non-hydrogen) atoms. The third kappa shape index (κ3) is 3.94. The molecule has 158 valence electrons. The van der Waals surface area contributed by atoms with Gasteiger partial charge >= 0.3 is 11.8 Å². The van der Waals surface area contributed by atoms with Crippen molar-refractivity contribution in [1.82, 2.24) is 20.5 Å². The first-order valence-corrected chi connectivity index (χ1v) is 9.16. The van der Waals surface area contributed by atoms with E-state index in [2.05, 4.69) is 25.6 Å². The molecule has 13 heteroatoms. The molecular formula is C17H19FN8O4. The Morgan fingerprint density at radius 2 is 2.20 bits per heavy atom. The fourth-order valence-corrected chi connectivity index (χ4v) is 3.16. The number of hydrogen-bond donors (Lipinski definition) is 3. The van der Waals surface area contributed by atoms with Gasteiger partial charge in [0.2, 0.25) is 11.9 Å². The lowest BCUT2D eigenvalue weighted by Crippen LogP contribution is -2.39. The van der Waals surface area contributed by atoms with Crippen molar-refractivity contribution >= 4 is 35.7 Å². The number of halogens is 1. The van der Waals surface area contributed by atoms with Gasteiger partial charge in [-0.25, -0.2) is 24.1 Å². The van der Waals surface area contributed by atoms with E-state index in [1.807, 2.05) is 0 Å². The van der Waals surface area contributed by atoms with Crippen molar-refractivity contribution in [2.75, 3.05) is 41.0 Å². The molecule has 0 saturated carbocycles. The molecule has 0 spiro atoms. The molecule has 1 fully saturated rings. The number of cyclic esters (lactones) is 1. The number of hydrazone groups is 1. The van der Waals surface area contributed by atoms with Crippen molar-refractivity contribution < 1.29 is 18.7 Å². The first kappa shape index (κ1) is 19.4. The normalized spacial score (nSPS) is 18.7. The summed E-state index contributed by atoms with van der Waals surface area (Å²) in [6, 6.07) is 4.42. The Hall–Kier alpha value is -3.90. The summed E-state index contributed by atoms with van der Waals surface area (Å²) in [5, 5.41) is 14.3. The average Bonchev–Trinajstić information content (AvgIpc) is 3.32. The second-order valence-corrected chi connectivity index (χ2v) is 6.74. The Labute approximate surface area is 169 Å². The molecule has 1 aromatic carbocycles. The maximum atomic E-state index is 14.8. The van der Waals surface area contributed by atoms with Gasteiger partial charge < -0.3 is 15.0 Å². The van der Waals surface area contributed by atoms with Gasteiger partial charge in [-0.05, 0) is 18.2 Å². The van der Waals surface area contributed by atoms with E-state index in [-0.39, 0.29) is 24.9 Å². The molecule has 2 aliphatic heterocycles. The Balaban J connectivity index is 1.44. The molecule has 1 aromatic heterocycles. The average molecular weight is 418 g/mol. The molecule has 0 aliphatic carbocycles. The van der Waals surface area contributed by atoms with E-state index in [4.69, 9.17) is 4.74 Å². The number of anilines is 3. The fourth-order valence-electron chi connectivity index (χ4n) is 3.16. The molecule has 1 atom stereocenters. The molecular weight excluding hydrogens is 399 g/mol. The highest BCUT2D eigenvalue weighted by atomic mass is 19.1. The van der Waals surface area contributed by atoms with E-state index >= 15 is 0 Å². The maximum absolute atomic E-state index is 14.8. The summed E-state index contributed by atoms with van der Waals surface area (Å²) in [6.45, 7) is 2.56. The lowest BCUT2D eigenvalue weighted by molar-refractivity contribution is -0.119. The van der Waals surface area contributed by atoms with Gasteiger partial charge in [0, 0.05) is 13.5 Å². The van der Waals surface area contributed by atoms with Crippen LogP contribution in [0.15, 0.2) is 28.1 Å². The van der Waals surface area contributed by atoms with Crippen molar-refractivity contribution in [2.24, 2.45) is 5.10 Å². The molecule has 3 N–H and O–H groups in total. The molecule has 2 amide bonds. The maximum Gasteiger partial charge on any atom is 0.414 e. The van der Waals surface area contributed by atoms with Gasteiger partial charge in [0.05, 0.1) is 31.0 Å². The van der Waals surface area contributed by atoms with Crippen LogP contribution in [-0.4, -0.2) is 65.8 Å². The Morgan fingerprint density at radius 1 is 1.37 bits per heavy atom. The zero-order valence-corrected chi connectivity index (χ0v) is 16.0. The SMILES string of the molecule is CC(=O)NC[C@H]1CN(c2ccc(N3C=NN(c4n[nH]c(=O)[nH]4)CC3)c(F)c2)C(=O)O1. The van der Waals surface area contributed by atoms with Crippen LogP contribution >= 0.6 is 0 Å². The first-order chi connectivity index (χ1) is 14.4. The molecule has 12 nitrogen and oxygen atoms in total. The van der Waals surface area contributed by atoms with Gasteiger partial charge in [-0.3, -0.25) is 14.7 Å². The quantitative estimate of drug-likeness (QED) is 0.620. The highest BCUT2D eigenvalue weighted by molar-refractivity contribution is 5.90. The van der Waals surface area contributed by atoms with Gasteiger partial charge in [-0.1, -0.05) is 0 Å². The van der Waals surface area contributed by atoms with Crippen LogP contribution in [0.3, 0.4) is 0 Å². The van der Waals surface area contributed by atoms with Crippen LogP contribution in [0.1, 0.15) is 6.92 Å². The number of nitrogens with zero attached hydrogens (tertiary/aromatic N) is 5. The number of amides is 2. The lowest BCUT2D eigenvalue weighted by Gasteiger charge is -2.28. The smallest absolute Gasteiger partial charge is 0.414 e. The fraction of sp³-hybridized carbons (Fsp3) is 0.353. The lowest BCUT2D eigenvalue weighted by atomic mass is 10.2. The number of benzene rings is 1. The molecule has 0 bridgehead atoms. The van der Waals surface area contributed by atoms with E-state index < -0.39 is 23.7 Å². The number of carbonyl (C=O) groups is 2. The summed E-state index contributed by atoms with van der Waals surface area (Å²) in [6.07, 6.45) is 0.334. The summed E-state index contributed by atoms with van der Waals surface area (Å²) in [5.41, 5.74) is 0.209. The van der Waals surface area contributed by atoms with E-state index in [1.165, 1.54) is 29.2 Å². The number of hydrogen-bond acceptors (Lipinski definition) is 8. The van der Waals surface area contributed by atoms with Crippen molar-refractivity contribution in [3.05, 3.63) is 34.5 Å². The van der Waals surface area contributed by atoms with E-state index in [1.54, 1.807) is 17.0 Å². The minimum atomic E-state index is -0.597. The summed E-state index contributed by atoms with van der Waals surface area (Å²) >= 11 is 0. The molecule has 1 saturated heterocycles. The van der Waals surface area contributed by atoms with Crippen LogP contribution in [0.5, 0.6) is 0 Å². The second-order valence-electron chi connectivity index (χ2n) is 6.74. The van der Waals surface area contributed by atoms with Crippen molar-refractivity contribution in [3.8, 4) is 0 Å². The standard InChI is InChI=1S/C17H19FN8O4/c1-10(27)19-7-12-8-25(17(29)30-12)11-2-3-14(13(18)6-11)24-4-5-26(20-9-24)15-21-16(28)23-22-15/h2-3,6,9,12H,4-5,7-8H2,1H3,(H,19,27)(H2,21,22,23,28)/t12-/m0/s1. The number of rotatable bonds is 5. The van der Waals surface area contributed by atoms with Crippen LogP contribution in [0.25, 0.3) is 0 Å². The van der Waals surface area contributed by atoms with Gasteiger partial charge in [0.1, 0.15) is 18.3 Å². The van der Waals surface area contributed by atoms with Crippen molar-refractivity contribution in [3.63, 3.8) is 0 Å². The highest BCUT2D eigenvalue weighted by Gasteiger charge is 2.33. The molecule has 0 radical (unpaired) electrons. The summed E-state index contributed by atoms with van der Waals surface area (Å²) in [5.74, 6) is -0.480. The number of ether oxygens (including phenoxy) is 1. The van der Waals surface area contributed by atoms with E-state index in [0.29, 0.717) is 24.5 Å². The number of nitrogens with one attached hydrogen (secondary N) is 3. The predicted molar refractivity (Wildman–Crippen MR) is 105 cm³/mol. The summed E-state index contributed by atoms with van der Waals surface area (Å²) < 4.78 is 20.0. The molecule has 0 unspecified atom stereocenters. The van der Waals surface area contributed by atoms with Crippen molar-refractivity contribution in [2.45, 2.75) is 13.0 Å². The van der Waals surface area contributed by atoms with Crippen LogP contribution in [0.4, 0.5) is 26.5 Å². The van der Waals surface area contributed by atoms with E-state index in [9.17, 15) is 18.8 Å². The minimum Gasteiger partial charge on any atom is -0.442 e. The molecule has 4 rings (SSSR count). The largest absolute Gasteiger partial charge is 0.442 e. The third-order valence-corrected chi connectivity index (χ3v) is 4.62. The predicted octanol–water partition coefficient (Wildman–Crippen LogP) is -0.0317. The Bertz CT molecular complexity index is 1050. The number of H-pyrrole nitrogens is 2. The second kappa shape index (κ2) is 7.85. The minimum absolute atomic E-state index is 0.195. The molecule has 2 aromatic rings. The topological polar surface area (TPSA) is 139 Å². The van der Waals surface area contributed by atoms with E-state index in [0.717, 1.165) is 0 Å². The monoisotopic (exact) mass is 418 g/mol. The zero-order chi connectivity index (χ0) is 21.3. The molecule has 3 heterocycles. The highest BCUT2D eigenvalue weighted by Crippen LogP contribution is 2.28. The van der Waals surface area contributed by atoms with Crippen molar-refractivity contribution in [1.29, 1.82) is 0 Å². The Kier molecular flexibility index (Phi) is 5.08. The Morgan fingerprint density at radius 3 is 2.83 bits per heavy atom. The number of aromatic nitrogens is 3. The van der Waals surface area contributed by atoms with Crippen LogP contribution in [0, 0.1) is 5.82 Å². The van der Waals surface area contributed by atoms with Gasteiger partial charge in [0.25, 0.3) is 0 Å². The first-order valence-electron chi connectivity index (χ1n) is 9.16. The number of aromatic amines is 2. The summed E-state index contributed by atoms with van der Waals surface area (Å²) in [7, 11) is 0. The van der Waals surface area contributed by atoms with Crippen LogP contribution in [-0.2, 0) is 9.53 Å². The zero-order valence-electron chi connectivity index (χ0n) is 16.0. The summed E-state index contributed by atoms with van der Waals surface area (Å²) in [4.78, 5) is 39.7.